The van der Waals surface area contributed by atoms with Crippen molar-refractivity contribution in [2.45, 2.75) is 19.8 Å². The Bertz CT molecular complexity index is 1020. The zero-order chi connectivity index (χ0) is 25.2. The molecule has 3 amide bonds. The first-order chi connectivity index (χ1) is 16.9. The molecule has 1 fully saturated rings. The van der Waals surface area contributed by atoms with Crippen molar-refractivity contribution in [1.29, 1.82) is 0 Å². The molecule has 0 bridgehead atoms. The molecule has 0 spiro atoms. The number of piperazine rings is 1. The molecule has 1 heterocycles. The molecule has 1 aliphatic rings. The molecule has 2 aromatic rings. The number of methoxy groups -OCH3 is 2. The second-order valence-corrected chi connectivity index (χ2v) is 8.53. The van der Waals surface area contributed by atoms with Crippen molar-refractivity contribution in [2.24, 2.45) is 0 Å². The SMILES string of the molecule is COc1ccc(CCC(=O)N2CCN(CC(=O)NCC(=O)Nc3cc(C)ccc3OC)CC2)cc1. The fourth-order valence-corrected chi connectivity index (χ4v) is 3.91. The number of rotatable bonds is 10. The van der Waals surface area contributed by atoms with E-state index in [0.29, 0.717) is 50.5 Å². The average molecular weight is 483 g/mol. The van der Waals surface area contributed by atoms with Gasteiger partial charge < -0.3 is 25.0 Å². The van der Waals surface area contributed by atoms with Crippen LogP contribution < -0.4 is 20.1 Å². The largest absolute Gasteiger partial charge is 0.497 e. The van der Waals surface area contributed by atoms with Crippen LogP contribution in [0, 0.1) is 6.92 Å². The Morgan fingerprint density at radius 2 is 1.63 bits per heavy atom. The topological polar surface area (TPSA) is 100 Å². The van der Waals surface area contributed by atoms with Gasteiger partial charge >= 0.3 is 0 Å². The number of amides is 3. The van der Waals surface area contributed by atoms with Crippen LogP contribution in [0.15, 0.2) is 42.5 Å². The lowest BCUT2D eigenvalue weighted by Crippen LogP contribution is -2.51. The fraction of sp³-hybridized carbons (Fsp3) is 0.423. The van der Waals surface area contributed by atoms with E-state index in [4.69, 9.17) is 9.47 Å². The third-order valence-electron chi connectivity index (χ3n) is 5.95. The standard InChI is InChI=1S/C26H34N4O5/c1-19-4-10-23(35-3)22(16-19)28-24(31)17-27-25(32)18-29-12-14-30(15-13-29)26(33)11-7-20-5-8-21(34-2)9-6-20/h4-6,8-10,16H,7,11-15,17-18H2,1-3H3,(H,27,32)(H,28,31). The van der Waals surface area contributed by atoms with Gasteiger partial charge in [-0.15, -0.1) is 0 Å². The summed E-state index contributed by atoms with van der Waals surface area (Å²) in [4.78, 5) is 41.0. The first-order valence-electron chi connectivity index (χ1n) is 11.7. The van der Waals surface area contributed by atoms with Gasteiger partial charge in [0.05, 0.1) is 33.0 Å². The molecule has 0 atom stereocenters. The van der Waals surface area contributed by atoms with Crippen LogP contribution in [0.25, 0.3) is 0 Å². The van der Waals surface area contributed by atoms with Crippen LogP contribution in [-0.4, -0.2) is 81.0 Å². The van der Waals surface area contributed by atoms with Gasteiger partial charge in [-0.25, -0.2) is 0 Å². The molecule has 9 nitrogen and oxygen atoms in total. The summed E-state index contributed by atoms with van der Waals surface area (Å²) in [6.07, 6.45) is 1.13. The molecule has 0 radical (unpaired) electrons. The van der Waals surface area contributed by atoms with Crippen LogP contribution in [-0.2, 0) is 20.8 Å². The fourth-order valence-electron chi connectivity index (χ4n) is 3.91. The minimum atomic E-state index is -0.325. The van der Waals surface area contributed by atoms with Gasteiger partial charge in [-0.1, -0.05) is 18.2 Å². The van der Waals surface area contributed by atoms with Crippen molar-refractivity contribution in [2.75, 3.05) is 58.8 Å². The molecule has 0 saturated carbocycles. The number of anilines is 1. The highest BCUT2D eigenvalue weighted by Gasteiger charge is 2.22. The summed E-state index contributed by atoms with van der Waals surface area (Å²) in [5, 5.41) is 5.43. The molecule has 9 heteroatoms. The van der Waals surface area contributed by atoms with Crippen LogP contribution in [0.5, 0.6) is 11.5 Å². The Morgan fingerprint density at radius 3 is 2.29 bits per heavy atom. The van der Waals surface area contributed by atoms with Crippen molar-refractivity contribution in [3.05, 3.63) is 53.6 Å². The van der Waals surface area contributed by atoms with E-state index in [-0.39, 0.29) is 30.8 Å². The number of ether oxygens (including phenoxy) is 2. The van der Waals surface area contributed by atoms with E-state index in [1.54, 1.807) is 13.2 Å². The number of nitrogens with zero attached hydrogens (tertiary/aromatic N) is 2. The molecule has 1 saturated heterocycles. The molecule has 1 aliphatic heterocycles. The monoisotopic (exact) mass is 482 g/mol. The molecule has 0 aromatic heterocycles. The van der Waals surface area contributed by atoms with Crippen molar-refractivity contribution >= 4 is 23.4 Å². The number of nitrogens with one attached hydrogen (secondary N) is 2. The molecule has 0 unspecified atom stereocenters. The van der Waals surface area contributed by atoms with Crippen molar-refractivity contribution in [3.8, 4) is 11.5 Å². The predicted molar refractivity (Wildman–Crippen MR) is 134 cm³/mol. The average Bonchev–Trinajstić information content (AvgIpc) is 2.87. The summed E-state index contributed by atoms with van der Waals surface area (Å²) in [7, 11) is 3.17. The summed E-state index contributed by atoms with van der Waals surface area (Å²) >= 11 is 0. The smallest absolute Gasteiger partial charge is 0.243 e. The molecule has 35 heavy (non-hydrogen) atoms. The van der Waals surface area contributed by atoms with Crippen LogP contribution in [0.2, 0.25) is 0 Å². The maximum Gasteiger partial charge on any atom is 0.243 e. The van der Waals surface area contributed by atoms with E-state index >= 15 is 0 Å². The lowest BCUT2D eigenvalue weighted by molar-refractivity contribution is -0.133. The highest BCUT2D eigenvalue weighted by atomic mass is 16.5. The summed E-state index contributed by atoms with van der Waals surface area (Å²) in [6.45, 7) is 4.40. The van der Waals surface area contributed by atoms with Crippen molar-refractivity contribution in [3.63, 3.8) is 0 Å². The van der Waals surface area contributed by atoms with Crippen molar-refractivity contribution in [1.82, 2.24) is 15.1 Å². The highest BCUT2D eigenvalue weighted by molar-refractivity contribution is 5.96. The molecule has 3 rings (SSSR count). The maximum atomic E-state index is 12.6. The quantitative estimate of drug-likeness (QED) is 0.536. The van der Waals surface area contributed by atoms with E-state index in [1.165, 1.54) is 7.11 Å². The number of hydrogen-bond acceptors (Lipinski definition) is 6. The molecular formula is C26H34N4O5. The zero-order valence-corrected chi connectivity index (χ0v) is 20.6. The minimum Gasteiger partial charge on any atom is -0.497 e. The highest BCUT2D eigenvalue weighted by Crippen LogP contribution is 2.24. The van der Waals surface area contributed by atoms with Gasteiger partial charge in [-0.2, -0.15) is 0 Å². The Labute approximate surface area is 206 Å². The van der Waals surface area contributed by atoms with Gasteiger partial charge in [0, 0.05) is 32.6 Å². The van der Waals surface area contributed by atoms with Gasteiger partial charge in [0.15, 0.2) is 0 Å². The number of hydrogen-bond donors (Lipinski definition) is 2. The second-order valence-electron chi connectivity index (χ2n) is 8.53. The summed E-state index contributed by atoms with van der Waals surface area (Å²) < 4.78 is 10.4. The third kappa shape index (κ3) is 7.99. The molecular weight excluding hydrogens is 448 g/mol. The van der Waals surface area contributed by atoms with Gasteiger partial charge in [-0.05, 0) is 48.7 Å². The summed E-state index contributed by atoms with van der Waals surface area (Å²) in [5.41, 5.74) is 2.65. The maximum absolute atomic E-state index is 12.6. The van der Waals surface area contributed by atoms with Crippen LogP contribution >= 0.6 is 0 Å². The Balaban J connectivity index is 1.34. The van der Waals surface area contributed by atoms with Crippen LogP contribution in [0.3, 0.4) is 0 Å². The van der Waals surface area contributed by atoms with E-state index in [1.807, 2.05) is 53.1 Å². The normalized spacial score (nSPS) is 13.7. The number of carbonyl (C=O) groups excluding carboxylic acids is 3. The molecule has 2 aromatic carbocycles. The Hall–Kier alpha value is -3.59. The van der Waals surface area contributed by atoms with Crippen LogP contribution in [0.4, 0.5) is 5.69 Å². The molecule has 0 aliphatic carbocycles. The summed E-state index contributed by atoms with van der Waals surface area (Å²) in [6, 6.07) is 13.2. The minimum absolute atomic E-state index is 0.119. The second kappa shape index (κ2) is 12.8. The first kappa shape index (κ1) is 26.0. The van der Waals surface area contributed by atoms with E-state index in [2.05, 4.69) is 10.6 Å². The number of benzene rings is 2. The molecule has 2 N–H and O–H groups in total. The lowest BCUT2D eigenvalue weighted by atomic mass is 10.1. The van der Waals surface area contributed by atoms with Crippen molar-refractivity contribution < 1.29 is 23.9 Å². The van der Waals surface area contributed by atoms with E-state index in [9.17, 15) is 14.4 Å². The first-order valence-corrected chi connectivity index (χ1v) is 11.7. The number of aryl methyl sites for hydroxylation is 2. The predicted octanol–water partition coefficient (Wildman–Crippen LogP) is 1.84. The molecule has 188 valence electrons. The van der Waals surface area contributed by atoms with Gasteiger partial charge in [0.25, 0.3) is 0 Å². The Kier molecular flexibility index (Phi) is 9.48. The third-order valence-corrected chi connectivity index (χ3v) is 5.95. The van der Waals surface area contributed by atoms with Crippen LogP contribution in [0.1, 0.15) is 17.5 Å². The van der Waals surface area contributed by atoms with Gasteiger partial charge in [0.2, 0.25) is 17.7 Å². The van der Waals surface area contributed by atoms with E-state index in [0.717, 1.165) is 16.9 Å². The zero-order valence-electron chi connectivity index (χ0n) is 20.6. The lowest BCUT2D eigenvalue weighted by Gasteiger charge is -2.34. The number of carbonyl (C=O) groups is 3. The van der Waals surface area contributed by atoms with Gasteiger partial charge in [-0.3, -0.25) is 19.3 Å². The summed E-state index contributed by atoms with van der Waals surface area (Å²) in [5.74, 6) is 0.928. The van der Waals surface area contributed by atoms with Gasteiger partial charge in [0.1, 0.15) is 11.5 Å². The van der Waals surface area contributed by atoms with E-state index < -0.39 is 0 Å². The Morgan fingerprint density at radius 1 is 0.914 bits per heavy atom.